The molecular weight excluding hydrogens is 298 g/mol. The topological polar surface area (TPSA) is 104 Å². The Labute approximate surface area is 136 Å². The van der Waals surface area contributed by atoms with Crippen molar-refractivity contribution in [1.82, 2.24) is 9.80 Å². The number of nitrogens with two attached hydrogens (primary N) is 1. The highest BCUT2D eigenvalue weighted by Gasteiger charge is 2.36. The number of carbonyl (C=O) groups is 3. The Balaban J connectivity index is 2.03. The third-order valence-corrected chi connectivity index (χ3v) is 4.99. The van der Waals surface area contributed by atoms with Crippen molar-refractivity contribution in [2.75, 3.05) is 26.2 Å². The lowest BCUT2D eigenvalue weighted by atomic mass is 9.82. The van der Waals surface area contributed by atoms with Gasteiger partial charge in [-0.25, -0.2) is 0 Å². The number of hydrogen-bond donors (Lipinski definition) is 2. The van der Waals surface area contributed by atoms with Gasteiger partial charge in [-0.05, 0) is 12.8 Å². The zero-order valence-electron chi connectivity index (χ0n) is 13.8. The second-order valence-electron chi connectivity index (χ2n) is 6.87. The lowest BCUT2D eigenvalue weighted by Gasteiger charge is -2.33. The minimum atomic E-state index is -0.926. The second kappa shape index (κ2) is 7.29. The summed E-state index contributed by atoms with van der Waals surface area (Å²) in [6, 6.07) is 0. The van der Waals surface area contributed by atoms with Gasteiger partial charge in [0.05, 0.1) is 17.9 Å². The van der Waals surface area contributed by atoms with E-state index in [0.717, 1.165) is 19.3 Å². The quantitative estimate of drug-likeness (QED) is 0.754. The molecule has 2 aliphatic rings. The standard InChI is InChI=1S/C16H27N3O4/c1-12(20)18-7-8-19(11-13(10-18)15(17)22)14(21)9-16(23)5-3-2-4-6-16/h13,23H,2-11H2,1H3,(H2,17,22). The summed E-state index contributed by atoms with van der Waals surface area (Å²) in [5.74, 6) is -1.36. The van der Waals surface area contributed by atoms with Gasteiger partial charge in [-0.3, -0.25) is 14.4 Å². The first-order chi connectivity index (χ1) is 10.8. The lowest BCUT2D eigenvalue weighted by Crippen LogP contribution is -2.44. The predicted octanol–water partition coefficient (Wildman–Crippen LogP) is -0.136. The van der Waals surface area contributed by atoms with Crippen LogP contribution in [0.2, 0.25) is 0 Å². The largest absolute Gasteiger partial charge is 0.389 e. The number of aliphatic hydroxyl groups is 1. The Morgan fingerprint density at radius 2 is 1.65 bits per heavy atom. The van der Waals surface area contributed by atoms with Crippen LogP contribution < -0.4 is 5.73 Å². The normalized spacial score (nSPS) is 24.9. The second-order valence-corrected chi connectivity index (χ2v) is 6.87. The van der Waals surface area contributed by atoms with E-state index in [4.69, 9.17) is 5.73 Å². The van der Waals surface area contributed by atoms with Crippen LogP contribution >= 0.6 is 0 Å². The maximum absolute atomic E-state index is 12.6. The molecule has 0 aromatic rings. The van der Waals surface area contributed by atoms with Crippen LogP contribution in [0.3, 0.4) is 0 Å². The van der Waals surface area contributed by atoms with Gasteiger partial charge in [0.1, 0.15) is 0 Å². The van der Waals surface area contributed by atoms with Gasteiger partial charge in [-0.2, -0.15) is 0 Å². The summed E-state index contributed by atoms with van der Waals surface area (Å²) in [5, 5.41) is 10.6. The highest BCUT2D eigenvalue weighted by Crippen LogP contribution is 2.31. The van der Waals surface area contributed by atoms with Crippen LogP contribution in [0.5, 0.6) is 0 Å². The minimum Gasteiger partial charge on any atom is -0.389 e. The molecule has 0 bridgehead atoms. The van der Waals surface area contributed by atoms with E-state index in [1.165, 1.54) is 6.92 Å². The van der Waals surface area contributed by atoms with E-state index in [1.54, 1.807) is 9.80 Å². The molecule has 1 aliphatic heterocycles. The molecule has 7 heteroatoms. The Bertz CT molecular complexity index is 474. The first-order valence-electron chi connectivity index (χ1n) is 8.36. The number of primary amides is 1. The van der Waals surface area contributed by atoms with E-state index in [9.17, 15) is 19.5 Å². The van der Waals surface area contributed by atoms with Crippen molar-refractivity contribution in [2.24, 2.45) is 11.7 Å². The Kier molecular flexibility index (Phi) is 5.62. The van der Waals surface area contributed by atoms with Crippen LogP contribution in [0.15, 0.2) is 0 Å². The van der Waals surface area contributed by atoms with E-state index < -0.39 is 17.4 Å². The van der Waals surface area contributed by atoms with E-state index in [2.05, 4.69) is 0 Å². The van der Waals surface area contributed by atoms with Crippen LogP contribution in [-0.4, -0.2) is 64.4 Å². The Hall–Kier alpha value is -1.63. The summed E-state index contributed by atoms with van der Waals surface area (Å²) in [4.78, 5) is 38.9. The molecule has 130 valence electrons. The van der Waals surface area contributed by atoms with Crippen molar-refractivity contribution in [3.05, 3.63) is 0 Å². The molecule has 2 rings (SSSR count). The maximum Gasteiger partial charge on any atom is 0.225 e. The molecule has 1 atom stereocenters. The van der Waals surface area contributed by atoms with Crippen LogP contribution in [0.25, 0.3) is 0 Å². The molecule has 1 unspecified atom stereocenters. The SMILES string of the molecule is CC(=O)N1CCN(C(=O)CC2(O)CCCCC2)CC(C(N)=O)C1. The maximum atomic E-state index is 12.6. The van der Waals surface area contributed by atoms with Crippen molar-refractivity contribution < 1.29 is 19.5 Å². The predicted molar refractivity (Wildman–Crippen MR) is 84.2 cm³/mol. The van der Waals surface area contributed by atoms with Gasteiger partial charge in [0.2, 0.25) is 17.7 Å². The zero-order chi connectivity index (χ0) is 17.0. The summed E-state index contributed by atoms with van der Waals surface area (Å²) >= 11 is 0. The van der Waals surface area contributed by atoms with Crippen molar-refractivity contribution in [3.63, 3.8) is 0 Å². The molecule has 0 spiro atoms. The third kappa shape index (κ3) is 4.67. The van der Waals surface area contributed by atoms with Gasteiger partial charge >= 0.3 is 0 Å². The molecule has 1 heterocycles. The Morgan fingerprint density at radius 3 is 2.22 bits per heavy atom. The molecule has 23 heavy (non-hydrogen) atoms. The average Bonchev–Trinajstić information content (AvgIpc) is 2.70. The first-order valence-corrected chi connectivity index (χ1v) is 8.36. The van der Waals surface area contributed by atoms with Crippen molar-refractivity contribution in [1.29, 1.82) is 0 Å². The third-order valence-electron chi connectivity index (χ3n) is 4.99. The van der Waals surface area contributed by atoms with Crippen LogP contribution in [0.4, 0.5) is 0 Å². The van der Waals surface area contributed by atoms with Gasteiger partial charge in [0, 0.05) is 33.1 Å². The van der Waals surface area contributed by atoms with E-state index in [0.29, 0.717) is 25.9 Å². The summed E-state index contributed by atoms with van der Waals surface area (Å²) in [6.07, 6.45) is 4.34. The van der Waals surface area contributed by atoms with Crippen molar-refractivity contribution >= 4 is 17.7 Å². The summed E-state index contributed by atoms with van der Waals surface area (Å²) in [7, 11) is 0. The van der Waals surface area contributed by atoms with E-state index in [1.807, 2.05) is 0 Å². The molecule has 1 saturated heterocycles. The zero-order valence-corrected chi connectivity index (χ0v) is 13.8. The minimum absolute atomic E-state index is 0.0819. The highest BCUT2D eigenvalue weighted by molar-refractivity contribution is 5.82. The van der Waals surface area contributed by atoms with Gasteiger partial charge in [-0.1, -0.05) is 19.3 Å². The average molecular weight is 325 g/mol. The van der Waals surface area contributed by atoms with E-state index >= 15 is 0 Å². The molecule has 0 aromatic heterocycles. The highest BCUT2D eigenvalue weighted by atomic mass is 16.3. The van der Waals surface area contributed by atoms with Gasteiger partial charge in [0.15, 0.2) is 0 Å². The fraction of sp³-hybridized carbons (Fsp3) is 0.812. The molecule has 3 amide bonds. The molecule has 1 saturated carbocycles. The van der Waals surface area contributed by atoms with Crippen LogP contribution in [-0.2, 0) is 14.4 Å². The van der Waals surface area contributed by atoms with Crippen LogP contribution in [0.1, 0.15) is 45.4 Å². The van der Waals surface area contributed by atoms with Crippen molar-refractivity contribution in [2.45, 2.75) is 51.0 Å². The molecule has 0 radical (unpaired) electrons. The lowest BCUT2D eigenvalue weighted by molar-refractivity contribution is -0.138. The first kappa shape index (κ1) is 17.7. The Morgan fingerprint density at radius 1 is 1.09 bits per heavy atom. The fourth-order valence-corrected chi connectivity index (χ4v) is 3.49. The fourth-order valence-electron chi connectivity index (χ4n) is 3.49. The summed E-state index contributed by atoms with van der Waals surface area (Å²) in [6.45, 7) is 2.68. The number of nitrogens with zero attached hydrogens (tertiary/aromatic N) is 2. The van der Waals surface area contributed by atoms with Crippen molar-refractivity contribution in [3.8, 4) is 0 Å². The van der Waals surface area contributed by atoms with E-state index in [-0.39, 0.29) is 31.3 Å². The molecule has 0 aromatic carbocycles. The number of rotatable bonds is 3. The monoisotopic (exact) mass is 325 g/mol. The van der Waals surface area contributed by atoms with Gasteiger partial charge in [0.25, 0.3) is 0 Å². The van der Waals surface area contributed by atoms with Gasteiger partial charge in [-0.15, -0.1) is 0 Å². The summed E-state index contributed by atoms with van der Waals surface area (Å²) < 4.78 is 0. The number of amides is 3. The molecule has 1 aliphatic carbocycles. The summed E-state index contributed by atoms with van der Waals surface area (Å²) in [5.41, 5.74) is 4.48. The molecule has 2 fully saturated rings. The molecule has 7 nitrogen and oxygen atoms in total. The number of hydrogen-bond acceptors (Lipinski definition) is 4. The van der Waals surface area contributed by atoms with Gasteiger partial charge < -0.3 is 20.6 Å². The van der Waals surface area contributed by atoms with Crippen LogP contribution in [0, 0.1) is 5.92 Å². The number of carbonyl (C=O) groups excluding carboxylic acids is 3. The smallest absolute Gasteiger partial charge is 0.225 e. The molecular formula is C16H27N3O4. The molecule has 3 N–H and O–H groups in total.